The largest absolute Gasteiger partial charge is 0.504 e. The van der Waals surface area contributed by atoms with E-state index in [0.717, 1.165) is 51.4 Å². The van der Waals surface area contributed by atoms with Gasteiger partial charge >= 0.3 is 5.97 Å². The van der Waals surface area contributed by atoms with Crippen molar-refractivity contribution in [2.45, 2.75) is 117 Å². The van der Waals surface area contributed by atoms with Crippen molar-refractivity contribution < 1.29 is 32.6 Å². The van der Waals surface area contributed by atoms with Crippen molar-refractivity contribution in [2.24, 2.45) is 5.92 Å². The Balaban J connectivity index is 2.12. The molecule has 0 aromatic heterocycles. The average Bonchev–Trinajstić information content (AvgIpc) is 3.05. The summed E-state index contributed by atoms with van der Waals surface area (Å²) in [5, 5.41) is 15.7. The summed E-state index contributed by atoms with van der Waals surface area (Å²) >= 11 is 3.82. The molecule has 4 N–H and O–H groups in total. The van der Waals surface area contributed by atoms with Crippen molar-refractivity contribution in [1.82, 2.24) is 0 Å². The van der Waals surface area contributed by atoms with Gasteiger partial charge in [0.1, 0.15) is 0 Å². The highest BCUT2D eigenvalue weighted by Gasteiger charge is 2.27. The third-order valence-corrected chi connectivity index (χ3v) is 8.77. The summed E-state index contributed by atoms with van der Waals surface area (Å²) in [4.78, 5) is 38.0. The Morgan fingerprint density at radius 2 is 1.43 bits per heavy atom. The molecule has 12 heteroatoms. The number of ether oxygens (including phenoxy) is 1. The Bertz CT molecular complexity index is 1290. The van der Waals surface area contributed by atoms with Crippen LogP contribution in [0, 0.1) is 5.92 Å². The number of esters is 1. The van der Waals surface area contributed by atoms with Crippen LogP contribution in [0.1, 0.15) is 123 Å². The molecule has 0 saturated carbocycles. The van der Waals surface area contributed by atoms with Crippen LogP contribution in [0.25, 0.3) is 0 Å². The van der Waals surface area contributed by atoms with Crippen LogP contribution in [0.5, 0.6) is 5.75 Å². The lowest BCUT2D eigenvalue weighted by atomic mass is 9.93. The van der Waals surface area contributed by atoms with E-state index in [9.17, 15) is 23.7 Å². The van der Waals surface area contributed by atoms with Gasteiger partial charge in [0.05, 0.1) is 23.0 Å². The Hall–Kier alpha value is -3.15. The molecule has 0 radical (unpaired) electrons. The number of rotatable bonds is 23. The van der Waals surface area contributed by atoms with E-state index in [1.54, 1.807) is 38.1 Å². The van der Waals surface area contributed by atoms with Gasteiger partial charge in [0, 0.05) is 18.0 Å². The molecule has 0 saturated heterocycles. The molecular formula is C35H52ClN3O7S. The SMILES string of the molecule is CCCCCCCCC(CCCCCC)C(=O)Nc1ccc(C(OS(=O)Nc2cc(Cl)c(O)c(NC(=O)CC)c2)C(=O)OCC)cc1. The van der Waals surface area contributed by atoms with Gasteiger partial charge in [-0.15, -0.1) is 0 Å². The molecule has 47 heavy (non-hydrogen) atoms. The van der Waals surface area contributed by atoms with Crippen LogP contribution in [-0.2, 0) is 34.6 Å². The van der Waals surface area contributed by atoms with Gasteiger partial charge in [-0.1, -0.05) is 109 Å². The van der Waals surface area contributed by atoms with E-state index >= 15 is 0 Å². The van der Waals surface area contributed by atoms with Crippen LogP contribution in [-0.4, -0.2) is 33.7 Å². The topological polar surface area (TPSA) is 143 Å². The quantitative estimate of drug-likeness (QED) is 0.0394. The van der Waals surface area contributed by atoms with Gasteiger partial charge < -0.3 is 20.5 Å². The molecule has 2 rings (SSSR count). The second kappa shape index (κ2) is 22.4. The predicted molar refractivity (Wildman–Crippen MR) is 190 cm³/mol. The van der Waals surface area contributed by atoms with E-state index in [2.05, 4.69) is 29.2 Å². The van der Waals surface area contributed by atoms with Crippen molar-refractivity contribution in [1.29, 1.82) is 0 Å². The molecule has 0 bridgehead atoms. The Labute approximate surface area is 287 Å². The molecule has 0 spiro atoms. The first-order chi connectivity index (χ1) is 22.6. The van der Waals surface area contributed by atoms with Crippen molar-refractivity contribution in [3.8, 4) is 5.75 Å². The summed E-state index contributed by atoms with van der Waals surface area (Å²) < 4.78 is 26.3. The van der Waals surface area contributed by atoms with Gasteiger partial charge in [-0.3, -0.25) is 18.5 Å². The second-order valence-electron chi connectivity index (χ2n) is 11.5. The number of halogens is 1. The number of anilines is 3. The molecule has 262 valence electrons. The van der Waals surface area contributed by atoms with Crippen LogP contribution < -0.4 is 15.4 Å². The summed E-state index contributed by atoms with van der Waals surface area (Å²) in [5.74, 6) is -1.51. The minimum Gasteiger partial charge on any atom is -0.504 e. The first kappa shape index (κ1) is 40.0. The van der Waals surface area contributed by atoms with Gasteiger partial charge in [-0.2, -0.15) is 0 Å². The number of hydrogen-bond donors (Lipinski definition) is 4. The summed E-state index contributed by atoms with van der Waals surface area (Å²) in [7, 11) is 0. The van der Waals surface area contributed by atoms with Gasteiger partial charge in [-0.25, -0.2) is 9.00 Å². The number of amides is 2. The number of unbranched alkanes of at least 4 members (excludes halogenated alkanes) is 8. The second-order valence-corrected chi connectivity index (χ2v) is 12.8. The fourth-order valence-corrected chi connectivity index (χ4v) is 5.97. The third kappa shape index (κ3) is 14.7. The van der Waals surface area contributed by atoms with Crippen LogP contribution in [0.2, 0.25) is 5.02 Å². The number of phenolic OH excluding ortho intramolecular Hbond substituents is 1. The van der Waals surface area contributed by atoms with Gasteiger partial charge in [0.15, 0.2) is 11.9 Å². The molecule has 0 heterocycles. The molecule has 0 aliphatic heterocycles. The number of carbonyl (C=O) groups is 3. The van der Waals surface area contributed by atoms with E-state index < -0.39 is 23.3 Å². The van der Waals surface area contributed by atoms with Gasteiger partial charge in [0.2, 0.25) is 11.8 Å². The van der Waals surface area contributed by atoms with Crippen molar-refractivity contribution in [3.05, 3.63) is 47.0 Å². The molecule has 2 aromatic carbocycles. The van der Waals surface area contributed by atoms with E-state index in [1.807, 2.05) is 0 Å². The zero-order chi connectivity index (χ0) is 34.6. The van der Waals surface area contributed by atoms with Crippen molar-refractivity contribution in [2.75, 3.05) is 22.0 Å². The number of benzene rings is 2. The van der Waals surface area contributed by atoms with Crippen LogP contribution >= 0.6 is 11.6 Å². The maximum absolute atomic E-state index is 13.3. The monoisotopic (exact) mass is 693 g/mol. The van der Waals surface area contributed by atoms with Crippen LogP contribution in [0.3, 0.4) is 0 Å². The molecule has 0 aliphatic carbocycles. The van der Waals surface area contributed by atoms with Crippen molar-refractivity contribution in [3.63, 3.8) is 0 Å². The maximum Gasteiger partial charge on any atom is 0.341 e. The number of carbonyl (C=O) groups excluding carboxylic acids is 3. The maximum atomic E-state index is 13.3. The molecule has 2 amide bonds. The Morgan fingerprint density at radius 3 is 2.02 bits per heavy atom. The number of aromatic hydroxyl groups is 1. The minimum atomic E-state index is -2.27. The van der Waals surface area contributed by atoms with E-state index in [1.165, 1.54) is 37.8 Å². The van der Waals surface area contributed by atoms with Crippen molar-refractivity contribution >= 4 is 57.7 Å². The molecule has 0 fully saturated rings. The number of nitrogens with one attached hydrogen (secondary N) is 3. The zero-order valence-corrected chi connectivity index (χ0v) is 29.8. The number of hydrogen-bond acceptors (Lipinski definition) is 7. The number of phenols is 1. The Morgan fingerprint density at radius 1 is 0.830 bits per heavy atom. The zero-order valence-electron chi connectivity index (χ0n) is 28.2. The first-order valence-electron chi connectivity index (χ1n) is 16.9. The highest BCUT2D eigenvalue weighted by molar-refractivity contribution is 7.81. The van der Waals surface area contributed by atoms with E-state index in [4.69, 9.17) is 20.5 Å². The molecular weight excluding hydrogens is 642 g/mol. The lowest BCUT2D eigenvalue weighted by Crippen LogP contribution is -2.24. The molecule has 3 unspecified atom stereocenters. The summed E-state index contributed by atoms with van der Waals surface area (Å²) in [6.45, 7) is 7.76. The third-order valence-electron chi connectivity index (χ3n) is 7.71. The standard InChI is InChI=1S/C35H52ClN3O7S/c1-5-9-11-13-14-16-18-26(17-15-12-10-6-2)34(42)37-27-21-19-25(20-22-27)33(35(43)45-8-4)46-47(44)39-28-23-29(36)32(41)30(24-28)38-31(40)7-3/h19-24,26,33,39,41H,5-18H2,1-4H3,(H,37,42)(H,38,40). The fraction of sp³-hybridized carbons (Fsp3) is 0.571. The van der Waals surface area contributed by atoms with Gasteiger partial charge in [-0.05, 0) is 49.6 Å². The summed E-state index contributed by atoms with van der Waals surface area (Å²) in [6, 6.07) is 9.25. The van der Waals surface area contributed by atoms with Crippen LogP contribution in [0.15, 0.2) is 36.4 Å². The fourth-order valence-electron chi connectivity index (χ4n) is 5.03. The van der Waals surface area contributed by atoms with Crippen LogP contribution in [0.4, 0.5) is 17.1 Å². The Kier molecular flexibility index (Phi) is 19.1. The lowest BCUT2D eigenvalue weighted by Gasteiger charge is -2.19. The van der Waals surface area contributed by atoms with E-state index in [-0.39, 0.29) is 52.9 Å². The highest BCUT2D eigenvalue weighted by atomic mass is 35.5. The van der Waals surface area contributed by atoms with E-state index in [0.29, 0.717) is 11.3 Å². The first-order valence-corrected chi connectivity index (χ1v) is 18.3. The summed E-state index contributed by atoms with van der Waals surface area (Å²) in [5.41, 5.74) is 1.16. The molecule has 0 aliphatic rings. The minimum absolute atomic E-state index is 0.00615. The van der Waals surface area contributed by atoms with Gasteiger partial charge in [0.25, 0.3) is 11.3 Å². The molecule has 2 aromatic rings. The summed E-state index contributed by atoms with van der Waals surface area (Å²) in [6.07, 6.45) is 12.0. The average molecular weight is 694 g/mol. The molecule has 3 atom stereocenters. The smallest absolute Gasteiger partial charge is 0.341 e. The lowest BCUT2D eigenvalue weighted by molar-refractivity contribution is -0.151. The predicted octanol–water partition coefficient (Wildman–Crippen LogP) is 8.98. The normalized spacial score (nSPS) is 13.0. The molecule has 10 nitrogen and oxygen atoms in total. The highest BCUT2D eigenvalue weighted by Crippen LogP contribution is 2.36.